The highest BCUT2D eigenvalue weighted by atomic mass is 32.1. The Labute approximate surface area is 210 Å². The van der Waals surface area contributed by atoms with Crippen molar-refractivity contribution in [2.75, 3.05) is 4.90 Å². The molecule has 1 N–H and O–H groups in total. The van der Waals surface area contributed by atoms with Crippen LogP contribution < -0.4 is 9.64 Å². The van der Waals surface area contributed by atoms with Crippen LogP contribution in [0.25, 0.3) is 16.0 Å². The smallest absolute Gasteiger partial charge is 0.301 e. The molecule has 176 valence electrons. The monoisotopic (exact) mass is 502 g/mol. The Bertz CT molecular complexity index is 1550. The molecule has 0 bridgehead atoms. The molecule has 0 spiro atoms. The van der Waals surface area contributed by atoms with E-state index in [0.29, 0.717) is 10.7 Å². The molecule has 2 aromatic heterocycles. The molecule has 4 aromatic rings. The summed E-state index contributed by atoms with van der Waals surface area (Å²) in [6.07, 6.45) is 0.786. The zero-order chi connectivity index (χ0) is 24.4. The van der Waals surface area contributed by atoms with Gasteiger partial charge >= 0.3 is 5.91 Å². The van der Waals surface area contributed by atoms with Gasteiger partial charge in [0.2, 0.25) is 0 Å². The summed E-state index contributed by atoms with van der Waals surface area (Å²) in [5.74, 6) is -0.793. The van der Waals surface area contributed by atoms with Gasteiger partial charge in [0.05, 0.1) is 15.8 Å². The molecule has 0 aliphatic carbocycles. The summed E-state index contributed by atoms with van der Waals surface area (Å²) >= 11 is 2.82. The number of fused-ring (bicyclic) bond motifs is 2. The van der Waals surface area contributed by atoms with Crippen LogP contribution in [-0.2, 0) is 16.0 Å². The molecule has 0 unspecified atom stereocenters. The number of thiophene rings is 1. The minimum Gasteiger partial charge on any atom is -0.507 e. The predicted octanol–water partition coefficient (Wildman–Crippen LogP) is 5.92. The Morgan fingerprint density at radius 1 is 1.17 bits per heavy atom. The highest BCUT2D eigenvalue weighted by Crippen LogP contribution is 2.46. The first-order valence-corrected chi connectivity index (χ1v) is 13.0. The molecule has 8 heteroatoms. The van der Waals surface area contributed by atoms with E-state index in [1.54, 1.807) is 6.07 Å². The average Bonchev–Trinajstić information content (AvgIpc) is 3.59. The van der Waals surface area contributed by atoms with Gasteiger partial charge in [-0.1, -0.05) is 23.5 Å². The van der Waals surface area contributed by atoms with Gasteiger partial charge in [-0.25, -0.2) is 4.98 Å². The number of thiazole rings is 1. The molecule has 6 rings (SSSR count). The number of benzene rings is 2. The van der Waals surface area contributed by atoms with E-state index in [1.807, 2.05) is 56.5 Å². The molecule has 1 amide bonds. The second-order valence-electron chi connectivity index (χ2n) is 9.06. The number of nitrogens with zero attached hydrogens (tertiary/aromatic N) is 2. The van der Waals surface area contributed by atoms with E-state index in [2.05, 4.69) is 6.07 Å². The Balaban J connectivity index is 1.52. The van der Waals surface area contributed by atoms with Crippen molar-refractivity contribution in [3.05, 3.63) is 80.5 Å². The van der Waals surface area contributed by atoms with Crippen LogP contribution in [0.3, 0.4) is 0 Å². The number of hydrogen-bond donors (Lipinski definition) is 1. The van der Waals surface area contributed by atoms with Gasteiger partial charge in [0, 0.05) is 16.9 Å². The lowest BCUT2D eigenvalue weighted by Crippen LogP contribution is -2.28. The third kappa shape index (κ3) is 3.47. The summed E-state index contributed by atoms with van der Waals surface area (Å²) in [5, 5.41) is 13.7. The van der Waals surface area contributed by atoms with Crippen molar-refractivity contribution < 1.29 is 19.4 Å². The fourth-order valence-electron chi connectivity index (χ4n) is 4.93. The van der Waals surface area contributed by atoms with E-state index < -0.39 is 17.7 Å². The molecule has 2 aliphatic rings. The average molecular weight is 503 g/mol. The van der Waals surface area contributed by atoms with Crippen molar-refractivity contribution in [3.63, 3.8) is 0 Å². The Hall–Kier alpha value is -3.49. The third-order valence-corrected chi connectivity index (χ3v) is 8.38. The lowest BCUT2D eigenvalue weighted by molar-refractivity contribution is -0.132. The number of Topliss-reactive ketones (excluding diaryl/α,β-unsaturated/α-hetero) is 1. The van der Waals surface area contributed by atoms with Crippen LogP contribution in [0, 0.1) is 13.8 Å². The molecular weight excluding hydrogens is 480 g/mol. The van der Waals surface area contributed by atoms with Gasteiger partial charge in [-0.3, -0.25) is 14.5 Å². The molecule has 4 heterocycles. The molecule has 35 heavy (non-hydrogen) atoms. The normalized spacial score (nSPS) is 21.1. The largest absolute Gasteiger partial charge is 0.507 e. The second-order valence-corrected chi connectivity index (χ2v) is 11.1. The standard InChI is InChI=1S/C27H22N2O4S2/c1-13-9-14(2)22-20(10-13)35-27(28-22)29-23(19-5-4-8-34-19)21(25(31)26(29)32)24(30)16-6-7-18-17(12-16)11-15(3)33-18/h4-10,12,15,23,30H,11H2,1-3H3/t15-,23-/m0/s1. The second kappa shape index (κ2) is 8.03. The lowest BCUT2D eigenvalue weighted by Gasteiger charge is -2.21. The Morgan fingerprint density at radius 2 is 2.00 bits per heavy atom. The van der Waals surface area contributed by atoms with Crippen molar-refractivity contribution in [2.45, 2.75) is 39.3 Å². The number of carbonyl (C=O) groups excluding carboxylic acids is 2. The van der Waals surface area contributed by atoms with E-state index in [1.165, 1.54) is 27.6 Å². The summed E-state index contributed by atoms with van der Waals surface area (Å²) in [6, 6.07) is 12.5. The van der Waals surface area contributed by atoms with Gasteiger partial charge in [-0.05, 0) is 73.2 Å². The molecule has 6 nitrogen and oxygen atoms in total. The maximum atomic E-state index is 13.4. The van der Waals surface area contributed by atoms with Gasteiger partial charge in [0.15, 0.2) is 5.13 Å². The number of rotatable bonds is 3. The topological polar surface area (TPSA) is 79.7 Å². The van der Waals surface area contributed by atoms with Crippen LogP contribution in [0.15, 0.2) is 53.4 Å². The number of amides is 1. The fraction of sp³-hybridized carbons (Fsp3) is 0.222. The summed E-state index contributed by atoms with van der Waals surface area (Å²) in [6.45, 7) is 6.00. The number of aryl methyl sites for hydroxylation is 2. The summed E-state index contributed by atoms with van der Waals surface area (Å²) in [7, 11) is 0. The number of ketones is 1. The predicted molar refractivity (Wildman–Crippen MR) is 138 cm³/mol. The summed E-state index contributed by atoms with van der Waals surface area (Å²) < 4.78 is 6.73. The van der Waals surface area contributed by atoms with Gasteiger partial charge in [-0.15, -0.1) is 11.3 Å². The molecule has 2 aliphatic heterocycles. The van der Waals surface area contributed by atoms with Gasteiger partial charge in [0.1, 0.15) is 23.7 Å². The zero-order valence-corrected chi connectivity index (χ0v) is 21.0. The summed E-state index contributed by atoms with van der Waals surface area (Å²) in [5.41, 5.74) is 4.49. The van der Waals surface area contributed by atoms with Crippen molar-refractivity contribution in [2.24, 2.45) is 0 Å². The minimum absolute atomic E-state index is 0.0604. The highest BCUT2D eigenvalue weighted by molar-refractivity contribution is 7.22. The van der Waals surface area contributed by atoms with E-state index in [-0.39, 0.29) is 17.4 Å². The molecule has 0 saturated carbocycles. The van der Waals surface area contributed by atoms with Crippen LogP contribution in [0.1, 0.15) is 40.1 Å². The van der Waals surface area contributed by atoms with Crippen LogP contribution in [0.5, 0.6) is 5.75 Å². The molecule has 2 aromatic carbocycles. The first-order chi connectivity index (χ1) is 16.8. The van der Waals surface area contributed by atoms with Gasteiger partial charge in [0.25, 0.3) is 5.78 Å². The van der Waals surface area contributed by atoms with Crippen LogP contribution >= 0.6 is 22.7 Å². The number of aliphatic hydroxyl groups is 1. The number of aromatic nitrogens is 1. The highest BCUT2D eigenvalue weighted by Gasteiger charge is 2.48. The number of anilines is 1. The van der Waals surface area contributed by atoms with E-state index >= 15 is 0 Å². The van der Waals surface area contributed by atoms with Crippen molar-refractivity contribution in [1.82, 2.24) is 4.98 Å². The maximum Gasteiger partial charge on any atom is 0.301 e. The molecule has 0 radical (unpaired) electrons. The molecule has 1 saturated heterocycles. The van der Waals surface area contributed by atoms with Crippen LogP contribution in [-0.4, -0.2) is 27.9 Å². The quantitative estimate of drug-likeness (QED) is 0.214. The van der Waals surface area contributed by atoms with Crippen molar-refractivity contribution >= 4 is 55.5 Å². The lowest BCUT2D eigenvalue weighted by atomic mass is 9.98. The maximum absolute atomic E-state index is 13.4. The number of aliphatic hydroxyl groups excluding tert-OH is 1. The molecule has 1 fully saturated rings. The Morgan fingerprint density at radius 3 is 2.77 bits per heavy atom. The fourth-order valence-corrected chi connectivity index (χ4v) is 6.92. The van der Waals surface area contributed by atoms with Gasteiger partial charge < -0.3 is 9.84 Å². The number of carbonyl (C=O) groups is 2. The molecule has 2 atom stereocenters. The summed E-state index contributed by atoms with van der Waals surface area (Å²) in [4.78, 5) is 33.8. The van der Waals surface area contributed by atoms with Gasteiger partial charge in [-0.2, -0.15) is 0 Å². The zero-order valence-electron chi connectivity index (χ0n) is 19.4. The van der Waals surface area contributed by atoms with Crippen LogP contribution in [0.2, 0.25) is 0 Å². The first-order valence-electron chi connectivity index (χ1n) is 11.3. The van der Waals surface area contributed by atoms with E-state index in [4.69, 9.17) is 9.72 Å². The van der Waals surface area contributed by atoms with E-state index in [0.717, 1.165) is 44.0 Å². The number of hydrogen-bond acceptors (Lipinski definition) is 7. The Kier molecular flexibility index (Phi) is 5.05. The minimum atomic E-state index is -0.750. The number of ether oxygens (including phenoxy) is 1. The third-order valence-electron chi connectivity index (χ3n) is 6.45. The van der Waals surface area contributed by atoms with Crippen molar-refractivity contribution in [1.29, 1.82) is 0 Å². The van der Waals surface area contributed by atoms with E-state index in [9.17, 15) is 14.7 Å². The first kappa shape index (κ1) is 22.0. The SMILES string of the molecule is Cc1cc(C)c2nc(N3C(=O)C(=O)C(=C(O)c4ccc5c(c4)C[C@H](C)O5)[C@@H]3c3cccs3)sc2c1. The van der Waals surface area contributed by atoms with Crippen LogP contribution in [0.4, 0.5) is 5.13 Å². The van der Waals surface area contributed by atoms with Crippen molar-refractivity contribution in [3.8, 4) is 5.75 Å². The molecular formula is C27H22N2O4S2.